The SMILES string of the molecule is Cn1cnc(S(=O)(=O)NCc2ccc(CN)cc2)c1. The zero-order chi connectivity index (χ0) is 13.9. The van der Waals surface area contributed by atoms with Gasteiger partial charge in [0.15, 0.2) is 5.03 Å². The van der Waals surface area contributed by atoms with Crippen LogP contribution < -0.4 is 10.5 Å². The number of hydrogen-bond acceptors (Lipinski definition) is 4. The third-order valence-corrected chi connectivity index (χ3v) is 3.97. The molecule has 0 aliphatic heterocycles. The van der Waals surface area contributed by atoms with E-state index in [1.165, 1.54) is 12.5 Å². The summed E-state index contributed by atoms with van der Waals surface area (Å²) in [6, 6.07) is 7.46. The van der Waals surface area contributed by atoms with E-state index in [9.17, 15) is 8.42 Å². The monoisotopic (exact) mass is 280 g/mol. The quantitative estimate of drug-likeness (QED) is 0.827. The average Bonchev–Trinajstić information content (AvgIpc) is 2.85. The standard InChI is InChI=1S/C12H16N4O2S/c1-16-8-12(14-9-16)19(17,18)15-7-11-4-2-10(6-13)3-5-11/h2-5,8-9,15H,6-7,13H2,1H3. The Balaban J connectivity index is 2.05. The first kappa shape index (κ1) is 13.7. The third kappa shape index (κ3) is 3.40. The van der Waals surface area contributed by atoms with Gasteiger partial charge in [-0.05, 0) is 11.1 Å². The maximum absolute atomic E-state index is 11.9. The Labute approximate surface area is 112 Å². The molecule has 0 fully saturated rings. The molecule has 0 atom stereocenters. The molecule has 0 aliphatic carbocycles. The number of aryl methyl sites for hydroxylation is 1. The molecule has 2 aromatic rings. The predicted molar refractivity (Wildman–Crippen MR) is 71.6 cm³/mol. The van der Waals surface area contributed by atoms with Crippen molar-refractivity contribution in [1.82, 2.24) is 14.3 Å². The van der Waals surface area contributed by atoms with Crippen LogP contribution in [0.2, 0.25) is 0 Å². The van der Waals surface area contributed by atoms with Crippen molar-refractivity contribution >= 4 is 10.0 Å². The van der Waals surface area contributed by atoms with Crippen LogP contribution in [0.4, 0.5) is 0 Å². The molecule has 1 aromatic carbocycles. The molecule has 7 heteroatoms. The number of imidazole rings is 1. The van der Waals surface area contributed by atoms with Crippen LogP contribution >= 0.6 is 0 Å². The van der Waals surface area contributed by atoms with Crippen LogP contribution in [-0.2, 0) is 30.2 Å². The number of aromatic nitrogens is 2. The van der Waals surface area contributed by atoms with Crippen LogP contribution in [0.25, 0.3) is 0 Å². The summed E-state index contributed by atoms with van der Waals surface area (Å²) in [5.74, 6) is 0. The lowest BCUT2D eigenvalue weighted by molar-refractivity contribution is 0.578. The predicted octanol–water partition coefficient (Wildman–Crippen LogP) is 0.357. The first-order valence-corrected chi connectivity index (χ1v) is 7.25. The zero-order valence-electron chi connectivity index (χ0n) is 10.6. The van der Waals surface area contributed by atoms with E-state index >= 15 is 0 Å². The number of nitrogens with two attached hydrogens (primary N) is 1. The molecule has 0 saturated carbocycles. The summed E-state index contributed by atoms with van der Waals surface area (Å²) in [5, 5.41) is 0.0218. The largest absolute Gasteiger partial charge is 0.339 e. The zero-order valence-corrected chi connectivity index (χ0v) is 11.4. The highest BCUT2D eigenvalue weighted by molar-refractivity contribution is 7.89. The van der Waals surface area contributed by atoms with E-state index in [1.807, 2.05) is 24.3 Å². The molecular formula is C12H16N4O2S. The minimum absolute atomic E-state index is 0.0218. The highest BCUT2D eigenvalue weighted by Crippen LogP contribution is 2.07. The lowest BCUT2D eigenvalue weighted by atomic mass is 10.1. The molecule has 6 nitrogen and oxygen atoms in total. The fourth-order valence-corrected chi connectivity index (χ4v) is 2.57. The van der Waals surface area contributed by atoms with Crippen LogP contribution in [0.3, 0.4) is 0 Å². The smallest absolute Gasteiger partial charge is 0.259 e. The summed E-state index contributed by atoms with van der Waals surface area (Å²) in [7, 11) is -1.84. The van der Waals surface area contributed by atoms with Gasteiger partial charge in [0, 0.05) is 26.3 Å². The summed E-state index contributed by atoms with van der Waals surface area (Å²) in [5.41, 5.74) is 7.38. The maximum Gasteiger partial charge on any atom is 0.259 e. The summed E-state index contributed by atoms with van der Waals surface area (Å²) >= 11 is 0. The van der Waals surface area contributed by atoms with E-state index in [-0.39, 0.29) is 11.6 Å². The first-order chi connectivity index (χ1) is 9.01. The first-order valence-electron chi connectivity index (χ1n) is 5.77. The minimum atomic E-state index is -3.56. The lowest BCUT2D eigenvalue weighted by Gasteiger charge is -2.05. The molecule has 0 unspecified atom stereocenters. The van der Waals surface area contributed by atoms with Gasteiger partial charge in [-0.1, -0.05) is 24.3 Å². The molecule has 0 aliphatic rings. The molecular weight excluding hydrogens is 264 g/mol. The summed E-state index contributed by atoms with van der Waals surface area (Å²) in [4.78, 5) is 3.82. The molecule has 0 bridgehead atoms. The Kier molecular flexibility index (Phi) is 3.98. The highest BCUT2D eigenvalue weighted by Gasteiger charge is 2.16. The van der Waals surface area contributed by atoms with E-state index < -0.39 is 10.0 Å². The van der Waals surface area contributed by atoms with Crippen LogP contribution in [0, 0.1) is 0 Å². The topological polar surface area (TPSA) is 90.0 Å². The Hall–Kier alpha value is -1.70. The van der Waals surface area contributed by atoms with Gasteiger partial charge in [0.2, 0.25) is 0 Å². The Morgan fingerprint density at radius 3 is 2.42 bits per heavy atom. The molecule has 0 spiro atoms. The third-order valence-electron chi connectivity index (χ3n) is 2.68. The van der Waals surface area contributed by atoms with Gasteiger partial charge in [-0.15, -0.1) is 0 Å². The molecule has 2 rings (SSSR count). The van der Waals surface area contributed by atoms with Crippen molar-refractivity contribution in [3.63, 3.8) is 0 Å². The number of benzene rings is 1. The van der Waals surface area contributed by atoms with Gasteiger partial charge >= 0.3 is 0 Å². The fourth-order valence-electron chi connectivity index (χ4n) is 1.57. The van der Waals surface area contributed by atoms with E-state index in [4.69, 9.17) is 5.73 Å². The van der Waals surface area contributed by atoms with Gasteiger partial charge < -0.3 is 10.3 Å². The van der Waals surface area contributed by atoms with Gasteiger partial charge in [-0.25, -0.2) is 18.1 Å². The van der Waals surface area contributed by atoms with Gasteiger partial charge in [0.05, 0.1) is 6.33 Å². The maximum atomic E-state index is 11.9. The van der Waals surface area contributed by atoms with Crippen molar-refractivity contribution < 1.29 is 8.42 Å². The van der Waals surface area contributed by atoms with Gasteiger partial charge in [0.1, 0.15) is 0 Å². The minimum Gasteiger partial charge on any atom is -0.339 e. The number of hydrogen-bond donors (Lipinski definition) is 2. The normalized spacial score (nSPS) is 11.7. The summed E-state index contributed by atoms with van der Waals surface area (Å²) in [6.07, 6.45) is 2.91. The lowest BCUT2D eigenvalue weighted by Crippen LogP contribution is -2.23. The van der Waals surface area contributed by atoms with Gasteiger partial charge in [-0.2, -0.15) is 0 Å². The van der Waals surface area contributed by atoms with E-state index in [1.54, 1.807) is 11.6 Å². The van der Waals surface area contributed by atoms with Crippen molar-refractivity contribution in [3.8, 4) is 0 Å². The molecule has 19 heavy (non-hydrogen) atoms. The van der Waals surface area contributed by atoms with Gasteiger partial charge in [-0.3, -0.25) is 0 Å². The Morgan fingerprint density at radius 2 is 1.89 bits per heavy atom. The van der Waals surface area contributed by atoms with Crippen molar-refractivity contribution in [2.45, 2.75) is 18.1 Å². The van der Waals surface area contributed by atoms with E-state index in [0.717, 1.165) is 11.1 Å². The summed E-state index contributed by atoms with van der Waals surface area (Å²) in [6.45, 7) is 0.698. The van der Waals surface area contributed by atoms with Crippen LogP contribution in [0.1, 0.15) is 11.1 Å². The number of rotatable bonds is 5. The summed E-state index contributed by atoms with van der Waals surface area (Å²) < 4.78 is 28.0. The Morgan fingerprint density at radius 1 is 1.26 bits per heavy atom. The van der Waals surface area contributed by atoms with Crippen LogP contribution in [0.15, 0.2) is 41.8 Å². The number of nitrogens with zero attached hydrogens (tertiary/aromatic N) is 2. The highest BCUT2D eigenvalue weighted by atomic mass is 32.2. The molecule has 0 saturated heterocycles. The van der Waals surface area contributed by atoms with E-state index in [2.05, 4.69) is 9.71 Å². The van der Waals surface area contributed by atoms with Crippen molar-refractivity contribution in [2.24, 2.45) is 12.8 Å². The second kappa shape index (κ2) is 5.52. The van der Waals surface area contributed by atoms with Crippen LogP contribution in [-0.4, -0.2) is 18.0 Å². The van der Waals surface area contributed by atoms with Crippen molar-refractivity contribution in [3.05, 3.63) is 47.9 Å². The van der Waals surface area contributed by atoms with Crippen molar-refractivity contribution in [2.75, 3.05) is 0 Å². The van der Waals surface area contributed by atoms with Crippen LogP contribution in [0.5, 0.6) is 0 Å². The Bertz CT molecular complexity index is 647. The van der Waals surface area contributed by atoms with Gasteiger partial charge in [0.25, 0.3) is 10.0 Å². The molecule has 102 valence electrons. The second-order valence-electron chi connectivity index (χ2n) is 4.22. The van der Waals surface area contributed by atoms with Crippen molar-refractivity contribution in [1.29, 1.82) is 0 Å². The molecule has 0 amide bonds. The average molecular weight is 280 g/mol. The molecule has 1 heterocycles. The second-order valence-corrected chi connectivity index (χ2v) is 5.94. The molecule has 3 N–H and O–H groups in total. The molecule has 0 radical (unpaired) electrons. The number of nitrogens with one attached hydrogen (secondary N) is 1. The number of sulfonamides is 1. The van der Waals surface area contributed by atoms with E-state index in [0.29, 0.717) is 6.54 Å². The fraction of sp³-hybridized carbons (Fsp3) is 0.250. The molecule has 1 aromatic heterocycles.